The molecule has 1 fully saturated rings. The van der Waals surface area contributed by atoms with Crippen LogP contribution in [0.15, 0.2) is 0 Å². The van der Waals surface area contributed by atoms with Gasteiger partial charge in [-0.2, -0.15) is 0 Å². The van der Waals surface area contributed by atoms with Crippen molar-refractivity contribution in [2.24, 2.45) is 5.92 Å². The SMILES string of the molecule is CC(C)(OC(=N)C(Cl)(Cl)Cl)C1CCC1. The summed E-state index contributed by atoms with van der Waals surface area (Å²) in [6.07, 6.45) is 3.47. The summed E-state index contributed by atoms with van der Waals surface area (Å²) < 4.78 is 3.64. The van der Waals surface area contributed by atoms with E-state index < -0.39 is 9.39 Å². The molecule has 0 amide bonds. The fourth-order valence-corrected chi connectivity index (χ4v) is 1.62. The van der Waals surface area contributed by atoms with Crippen LogP contribution in [-0.4, -0.2) is 15.3 Å². The molecule has 5 heteroatoms. The highest BCUT2D eigenvalue weighted by Gasteiger charge is 2.40. The molecule has 1 saturated carbocycles. The molecule has 0 spiro atoms. The van der Waals surface area contributed by atoms with Crippen molar-refractivity contribution in [3.8, 4) is 0 Å². The lowest BCUT2D eigenvalue weighted by atomic mass is 9.74. The number of ether oxygens (including phenoxy) is 1. The standard InChI is InChI=1S/C9H14Cl3NO/c1-8(2,6-4-3-5-6)14-7(13)9(10,11)12/h6,13H,3-5H2,1-2H3. The molecule has 1 rings (SSSR count). The Balaban J connectivity index is 2.54. The van der Waals surface area contributed by atoms with Crippen LogP contribution < -0.4 is 0 Å². The Morgan fingerprint density at radius 1 is 1.29 bits per heavy atom. The molecule has 2 nitrogen and oxygen atoms in total. The van der Waals surface area contributed by atoms with Gasteiger partial charge in [-0.3, -0.25) is 5.41 Å². The van der Waals surface area contributed by atoms with Crippen molar-refractivity contribution in [1.29, 1.82) is 5.41 Å². The van der Waals surface area contributed by atoms with E-state index >= 15 is 0 Å². The minimum Gasteiger partial charge on any atom is -0.472 e. The summed E-state index contributed by atoms with van der Waals surface area (Å²) >= 11 is 16.6. The quantitative estimate of drug-likeness (QED) is 0.454. The topological polar surface area (TPSA) is 33.1 Å². The lowest BCUT2D eigenvalue weighted by Gasteiger charge is -2.40. The second kappa shape index (κ2) is 4.07. The van der Waals surface area contributed by atoms with Crippen LogP contribution in [0.1, 0.15) is 33.1 Å². The van der Waals surface area contributed by atoms with E-state index in [0.29, 0.717) is 5.92 Å². The zero-order valence-electron chi connectivity index (χ0n) is 8.24. The van der Waals surface area contributed by atoms with Crippen molar-refractivity contribution in [2.45, 2.75) is 42.5 Å². The third-order valence-corrected chi connectivity index (χ3v) is 3.23. The molecule has 0 unspecified atom stereocenters. The van der Waals surface area contributed by atoms with Crippen molar-refractivity contribution in [3.05, 3.63) is 0 Å². The molecular weight excluding hydrogens is 244 g/mol. The van der Waals surface area contributed by atoms with Gasteiger partial charge in [0.1, 0.15) is 5.60 Å². The maximum atomic E-state index is 7.47. The highest BCUT2D eigenvalue weighted by molar-refractivity contribution is 6.76. The first-order valence-corrected chi connectivity index (χ1v) is 5.71. The number of nitrogens with one attached hydrogen (secondary N) is 1. The third kappa shape index (κ3) is 2.91. The predicted molar refractivity (Wildman–Crippen MR) is 60.5 cm³/mol. The molecule has 1 aliphatic rings. The Labute approximate surface area is 99.4 Å². The monoisotopic (exact) mass is 257 g/mol. The van der Waals surface area contributed by atoms with E-state index in [9.17, 15) is 0 Å². The lowest BCUT2D eigenvalue weighted by molar-refractivity contribution is -0.00800. The summed E-state index contributed by atoms with van der Waals surface area (Å²) in [5, 5.41) is 7.47. The first kappa shape index (κ1) is 12.4. The normalized spacial score (nSPS) is 18.9. The van der Waals surface area contributed by atoms with Gasteiger partial charge in [-0.15, -0.1) is 0 Å². The van der Waals surface area contributed by atoms with Gasteiger partial charge in [-0.05, 0) is 32.6 Å². The van der Waals surface area contributed by atoms with Crippen molar-refractivity contribution in [3.63, 3.8) is 0 Å². The number of alkyl halides is 3. The lowest BCUT2D eigenvalue weighted by Crippen LogP contribution is -2.42. The average molecular weight is 259 g/mol. The molecule has 0 aliphatic heterocycles. The van der Waals surface area contributed by atoms with Crippen molar-refractivity contribution in [1.82, 2.24) is 0 Å². The van der Waals surface area contributed by atoms with E-state index in [1.165, 1.54) is 6.42 Å². The highest BCUT2D eigenvalue weighted by Crippen LogP contribution is 2.40. The number of hydrogen-bond acceptors (Lipinski definition) is 2. The summed E-state index contributed by atoms with van der Waals surface area (Å²) in [5.41, 5.74) is -0.404. The predicted octanol–water partition coefficient (Wildman–Crippen LogP) is 3.93. The second-order valence-electron chi connectivity index (χ2n) is 4.16. The average Bonchev–Trinajstić information content (AvgIpc) is 1.76. The molecule has 1 N–H and O–H groups in total. The summed E-state index contributed by atoms with van der Waals surface area (Å²) in [5.74, 6) is 0.176. The van der Waals surface area contributed by atoms with Crippen LogP contribution in [0.2, 0.25) is 0 Å². The van der Waals surface area contributed by atoms with Gasteiger partial charge >= 0.3 is 0 Å². The Hall–Kier alpha value is 0.340. The van der Waals surface area contributed by atoms with Crippen LogP contribution >= 0.6 is 34.8 Å². The van der Waals surface area contributed by atoms with Gasteiger partial charge in [0, 0.05) is 0 Å². The van der Waals surface area contributed by atoms with Crippen LogP contribution in [0, 0.1) is 11.3 Å². The summed E-state index contributed by atoms with van der Waals surface area (Å²) in [7, 11) is 0. The van der Waals surface area contributed by atoms with E-state index in [1.54, 1.807) is 0 Å². The van der Waals surface area contributed by atoms with Crippen LogP contribution in [0.25, 0.3) is 0 Å². The summed E-state index contributed by atoms with van der Waals surface area (Å²) in [4.78, 5) is 0. The van der Waals surface area contributed by atoms with Crippen LogP contribution in [0.5, 0.6) is 0 Å². The molecule has 0 aromatic rings. The molecule has 0 bridgehead atoms. The Morgan fingerprint density at radius 3 is 2.07 bits per heavy atom. The molecule has 1 aliphatic carbocycles. The minimum absolute atomic E-state index is 0.292. The molecule has 82 valence electrons. The summed E-state index contributed by atoms with van der Waals surface area (Å²) in [6.45, 7) is 3.86. The number of rotatable bonds is 2. The number of hydrogen-bond donors (Lipinski definition) is 1. The molecule has 0 saturated heterocycles. The van der Waals surface area contributed by atoms with E-state index in [1.807, 2.05) is 13.8 Å². The molecule has 0 aromatic carbocycles. The van der Waals surface area contributed by atoms with E-state index in [0.717, 1.165) is 12.8 Å². The first-order valence-electron chi connectivity index (χ1n) is 4.58. The maximum Gasteiger partial charge on any atom is 0.265 e. The second-order valence-corrected chi connectivity index (χ2v) is 6.44. The Bertz CT molecular complexity index is 231. The zero-order valence-corrected chi connectivity index (χ0v) is 10.5. The molecule has 0 aromatic heterocycles. The van der Waals surface area contributed by atoms with Gasteiger partial charge in [0.25, 0.3) is 3.79 Å². The van der Waals surface area contributed by atoms with E-state index in [4.69, 9.17) is 44.9 Å². The van der Waals surface area contributed by atoms with Crippen LogP contribution in [0.3, 0.4) is 0 Å². The van der Waals surface area contributed by atoms with Crippen LogP contribution in [-0.2, 0) is 4.74 Å². The molecule has 0 atom stereocenters. The van der Waals surface area contributed by atoms with Gasteiger partial charge in [0.2, 0.25) is 5.90 Å². The first-order chi connectivity index (χ1) is 6.23. The van der Waals surface area contributed by atoms with Crippen molar-refractivity contribution < 1.29 is 4.74 Å². The minimum atomic E-state index is -1.75. The zero-order chi connectivity index (χ0) is 11.0. The Kier molecular flexibility index (Phi) is 3.61. The van der Waals surface area contributed by atoms with Gasteiger partial charge in [-0.1, -0.05) is 41.2 Å². The van der Waals surface area contributed by atoms with Gasteiger partial charge in [0.15, 0.2) is 0 Å². The largest absolute Gasteiger partial charge is 0.472 e. The van der Waals surface area contributed by atoms with Gasteiger partial charge in [0.05, 0.1) is 0 Å². The smallest absolute Gasteiger partial charge is 0.265 e. The molecule has 0 heterocycles. The van der Waals surface area contributed by atoms with E-state index in [2.05, 4.69) is 0 Å². The summed E-state index contributed by atoms with van der Waals surface area (Å²) in [6, 6.07) is 0. The maximum absolute atomic E-state index is 7.47. The fraction of sp³-hybridized carbons (Fsp3) is 0.889. The van der Waals surface area contributed by atoms with Gasteiger partial charge < -0.3 is 4.74 Å². The third-order valence-electron chi connectivity index (χ3n) is 2.71. The van der Waals surface area contributed by atoms with Crippen molar-refractivity contribution in [2.75, 3.05) is 0 Å². The Morgan fingerprint density at radius 2 is 1.79 bits per heavy atom. The molecule has 0 radical (unpaired) electrons. The van der Waals surface area contributed by atoms with E-state index in [-0.39, 0.29) is 5.90 Å². The fourth-order valence-electron chi connectivity index (χ4n) is 1.51. The molecule has 14 heavy (non-hydrogen) atoms. The molecular formula is C9H14Cl3NO. The van der Waals surface area contributed by atoms with Crippen molar-refractivity contribution >= 4 is 40.7 Å². The highest BCUT2D eigenvalue weighted by atomic mass is 35.6. The number of halogens is 3. The van der Waals surface area contributed by atoms with Gasteiger partial charge in [-0.25, -0.2) is 0 Å². The van der Waals surface area contributed by atoms with Crippen LogP contribution in [0.4, 0.5) is 0 Å².